The zero-order chi connectivity index (χ0) is 13.9. The highest BCUT2D eigenvalue weighted by atomic mass is 16.2. The SMILES string of the molecule is O=C(c1cccc(=O)[nH]1)N(CC1CCCCC1)C1CC1. The fraction of sp³-hybridized carbons (Fsp3) is 0.625. The summed E-state index contributed by atoms with van der Waals surface area (Å²) in [6, 6.07) is 5.20. The minimum atomic E-state index is -0.204. The average Bonchev–Trinajstić information content (AvgIpc) is 3.30. The largest absolute Gasteiger partial charge is 0.334 e. The van der Waals surface area contributed by atoms with Crippen molar-refractivity contribution in [1.82, 2.24) is 9.88 Å². The summed E-state index contributed by atoms with van der Waals surface area (Å²) >= 11 is 0. The summed E-state index contributed by atoms with van der Waals surface area (Å²) in [4.78, 5) is 28.6. The summed E-state index contributed by atoms with van der Waals surface area (Å²) in [6.45, 7) is 0.862. The molecule has 0 saturated heterocycles. The van der Waals surface area contributed by atoms with E-state index in [9.17, 15) is 9.59 Å². The van der Waals surface area contributed by atoms with Gasteiger partial charge in [0.15, 0.2) is 0 Å². The maximum atomic E-state index is 12.6. The average molecular weight is 274 g/mol. The number of nitrogens with one attached hydrogen (secondary N) is 1. The predicted molar refractivity (Wildman–Crippen MR) is 77.7 cm³/mol. The number of hydrogen-bond acceptors (Lipinski definition) is 2. The van der Waals surface area contributed by atoms with Crippen LogP contribution < -0.4 is 5.56 Å². The molecule has 1 heterocycles. The molecule has 0 unspecified atom stereocenters. The number of pyridine rings is 1. The zero-order valence-electron chi connectivity index (χ0n) is 11.8. The molecule has 0 aromatic carbocycles. The molecule has 1 N–H and O–H groups in total. The molecule has 2 aliphatic carbocycles. The zero-order valence-corrected chi connectivity index (χ0v) is 11.8. The first kappa shape index (κ1) is 13.4. The monoisotopic (exact) mass is 274 g/mol. The molecule has 20 heavy (non-hydrogen) atoms. The van der Waals surface area contributed by atoms with Gasteiger partial charge in [0, 0.05) is 18.7 Å². The first-order valence-corrected chi connectivity index (χ1v) is 7.74. The molecule has 0 spiro atoms. The third-order valence-corrected chi connectivity index (χ3v) is 4.43. The fourth-order valence-corrected chi connectivity index (χ4v) is 3.16. The molecule has 2 fully saturated rings. The van der Waals surface area contributed by atoms with Crippen molar-refractivity contribution in [2.45, 2.75) is 51.0 Å². The molecule has 108 valence electrons. The fourth-order valence-electron chi connectivity index (χ4n) is 3.16. The van der Waals surface area contributed by atoms with Gasteiger partial charge < -0.3 is 9.88 Å². The second-order valence-corrected chi connectivity index (χ2v) is 6.12. The molecule has 1 amide bonds. The number of rotatable bonds is 4. The van der Waals surface area contributed by atoms with Crippen LogP contribution in [0.15, 0.2) is 23.0 Å². The number of carbonyl (C=O) groups excluding carboxylic acids is 1. The van der Waals surface area contributed by atoms with Crippen LogP contribution >= 0.6 is 0 Å². The lowest BCUT2D eigenvalue weighted by Crippen LogP contribution is -2.38. The van der Waals surface area contributed by atoms with Gasteiger partial charge in [-0.05, 0) is 37.7 Å². The summed E-state index contributed by atoms with van der Waals surface area (Å²) in [7, 11) is 0. The van der Waals surface area contributed by atoms with Crippen LogP contribution in [-0.4, -0.2) is 28.4 Å². The quantitative estimate of drug-likeness (QED) is 0.917. The number of nitrogens with zero attached hydrogens (tertiary/aromatic N) is 1. The highest BCUT2D eigenvalue weighted by Crippen LogP contribution is 2.32. The van der Waals surface area contributed by atoms with E-state index in [1.54, 1.807) is 12.1 Å². The van der Waals surface area contributed by atoms with E-state index in [0.29, 0.717) is 17.7 Å². The van der Waals surface area contributed by atoms with Crippen LogP contribution in [0.4, 0.5) is 0 Å². The van der Waals surface area contributed by atoms with E-state index in [0.717, 1.165) is 19.4 Å². The number of hydrogen-bond donors (Lipinski definition) is 1. The highest BCUT2D eigenvalue weighted by molar-refractivity contribution is 5.92. The van der Waals surface area contributed by atoms with Gasteiger partial charge in [0.2, 0.25) is 5.56 Å². The van der Waals surface area contributed by atoms with Crippen LogP contribution in [0.1, 0.15) is 55.4 Å². The maximum absolute atomic E-state index is 12.6. The second-order valence-electron chi connectivity index (χ2n) is 6.12. The van der Waals surface area contributed by atoms with Gasteiger partial charge >= 0.3 is 0 Å². The number of amides is 1. The van der Waals surface area contributed by atoms with Crippen molar-refractivity contribution in [3.05, 3.63) is 34.2 Å². The Morgan fingerprint density at radius 1 is 1.15 bits per heavy atom. The van der Waals surface area contributed by atoms with Gasteiger partial charge in [-0.1, -0.05) is 25.3 Å². The minimum absolute atomic E-state index is 0.00391. The second kappa shape index (κ2) is 5.81. The van der Waals surface area contributed by atoms with Gasteiger partial charge in [0.25, 0.3) is 5.91 Å². The normalized spacial score (nSPS) is 19.8. The van der Waals surface area contributed by atoms with Crippen LogP contribution in [-0.2, 0) is 0 Å². The van der Waals surface area contributed by atoms with Gasteiger partial charge in [-0.15, -0.1) is 0 Å². The molecule has 4 nitrogen and oxygen atoms in total. The van der Waals surface area contributed by atoms with Crippen LogP contribution in [0.3, 0.4) is 0 Å². The van der Waals surface area contributed by atoms with E-state index in [1.807, 2.05) is 4.90 Å². The molecule has 2 aliphatic rings. The minimum Gasteiger partial charge on any atom is -0.334 e. The van der Waals surface area contributed by atoms with Gasteiger partial charge in [-0.3, -0.25) is 9.59 Å². The smallest absolute Gasteiger partial charge is 0.270 e. The third-order valence-electron chi connectivity index (χ3n) is 4.43. The van der Waals surface area contributed by atoms with E-state index in [-0.39, 0.29) is 11.5 Å². The van der Waals surface area contributed by atoms with E-state index >= 15 is 0 Å². The van der Waals surface area contributed by atoms with Gasteiger partial charge in [-0.2, -0.15) is 0 Å². The van der Waals surface area contributed by atoms with Crippen molar-refractivity contribution >= 4 is 5.91 Å². The van der Waals surface area contributed by atoms with Crippen LogP contribution in [0, 0.1) is 5.92 Å². The number of aromatic amines is 1. The van der Waals surface area contributed by atoms with Crippen molar-refractivity contribution in [2.75, 3.05) is 6.54 Å². The molecule has 3 rings (SSSR count). The summed E-state index contributed by atoms with van der Waals surface area (Å²) < 4.78 is 0. The molecule has 0 aliphatic heterocycles. The van der Waals surface area contributed by atoms with Crippen molar-refractivity contribution in [3.8, 4) is 0 Å². The maximum Gasteiger partial charge on any atom is 0.270 e. The van der Waals surface area contributed by atoms with E-state index < -0.39 is 0 Å². The van der Waals surface area contributed by atoms with Crippen molar-refractivity contribution in [3.63, 3.8) is 0 Å². The molecular weight excluding hydrogens is 252 g/mol. The third kappa shape index (κ3) is 3.11. The van der Waals surface area contributed by atoms with E-state index in [2.05, 4.69) is 4.98 Å². The standard InChI is InChI=1S/C16H22N2O2/c19-15-8-4-7-14(17-15)16(20)18(13-9-10-13)11-12-5-2-1-3-6-12/h4,7-8,12-13H,1-3,5-6,9-11H2,(H,17,19). The molecule has 0 radical (unpaired) electrons. The Labute approximate surface area is 119 Å². The molecule has 1 aromatic rings. The lowest BCUT2D eigenvalue weighted by molar-refractivity contribution is 0.0692. The Morgan fingerprint density at radius 2 is 1.90 bits per heavy atom. The summed E-state index contributed by atoms with van der Waals surface area (Å²) in [5.74, 6) is 0.638. The molecule has 1 aromatic heterocycles. The van der Waals surface area contributed by atoms with Crippen molar-refractivity contribution in [1.29, 1.82) is 0 Å². The van der Waals surface area contributed by atoms with Crippen LogP contribution in [0.5, 0.6) is 0 Å². The Morgan fingerprint density at radius 3 is 2.55 bits per heavy atom. The van der Waals surface area contributed by atoms with Gasteiger partial charge in [0.05, 0.1) is 0 Å². The summed E-state index contributed by atoms with van der Waals surface area (Å²) in [5.41, 5.74) is 0.226. The number of carbonyl (C=O) groups is 1. The lowest BCUT2D eigenvalue weighted by Gasteiger charge is -2.29. The Balaban J connectivity index is 1.72. The Kier molecular flexibility index (Phi) is 3.90. The van der Waals surface area contributed by atoms with Crippen molar-refractivity contribution in [2.24, 2.45) is 5.92 Å². The summed E-state index contributed by atoms with van der Waals surface area (Å²) in [5, 5.41) is 0. The van der Waals surface area contributed by atoms with Crippen molar-refractivity contribution < 1.29 is 4.79 Å². The first-order chi connectivity index (χ1) is 9.74. The Bertz CT molecular complexity index is 527. The lowest BCUT2D eigenvalue weighted by atomic mass is 9.89. The highest BCUT2D eigenvalue weighted by Gasteiger charge is 2.34. The summed E-state index contributed by atoms with van der Waals surface area (Å²) in [6.07, 6.45) is 8.60. The molecule has 0 bridgehead atoms. The topological polar surface area (TPSA) is 53.2 Å². The van der Waals surface area contributed by atoms with E-state index in [4.69, 9.17) is 0 Å². The van der Waals surface area contributed by atoms with Crippen LogP contribution in [0.2, 0.25) is 0 Å². The number of aromatic nitrogens is 1. The van der Waals surface area contributed by atoms with Gasteiger partial charge in [0.1, 0.15) is 5.69 Å². The Hall–Kier alpha value is -1.58. The molecule has 4 heteroatoms. The first-order valence-electron chi connectivity index (χ1n) is 7.74. The van der Waals surface area contributed by atoms with E-state index in [1.165, 1.54) is 38.2 Å². The predicted octanol–water partition coefficient (Wildman–Crippen LogP) is 2.56. The molecule has 2 saturated carbocycles. The van der Waals surface area contributed by atoms with Crippen LogP contribution in [0.25, 0.3) is 0 Å². The molecule has 0 atom stereocenters. The molecular formula is C16H22N2O2. The van der Waals surface area contributed by atoms with Gasteiger partial charge in [-0.25, -0.2) is 0 Å². The number of H-pyrrole nitrogens is 1.